The minimum atomic E-state index is -0.835. The zero-order chi connectivity index (χ0) is 15.4. The summed E-state index contributed by atoms with van der Waals surface area (Å²) in [5.74, 6) is -0.630. The van der Waals surface area contributed by atoms with Crippen LogP contribution in [0.15, 0.2) is 18.2 Å². The number of carboxylic acid groups (broad SMARTS) is 1. The van der Waals surface area contributed by atoms with Gasteiger partial charge in [-0.05, 0) is 31.0 Å². The molecular formula is C14H19ClN2O5. The molecule has 1 heterocycles. The van der Waals surface area contributed by atoms with Gasteiger partial charge in [0.1, 0.15) is 6.04 Å². The van der Waals surface area contributed by atoms with E-state index in [0.717, 1.165) is 18.4 Å². The Balaban J connectivity index is 0.00000242. The van der Waals surface area contributed by atoms with E-state index in [1.54, 1.807) is 12.1 Å². The van der Waals surface area contributed by atoms with Crippen molar-refractivity contribution in [3.8, 4) is 5.75 Å². The van der Waals surface area contributed by atoms with Gasteiger partial charge in [-0.2, -0.15) is 0 Å². The lowest BCUT2D eigenvalue weighted by molar-refractivity contribution is -0.385. The van der Waals surface area contributed by atoms with Gasteiger partial charge < -0.3 is 9.84 Å². The number of hydrogen-bond acceptors (Lipinski definition) is 5. The number of nitrogens with zero attached hydrogens (tertiary/aromatic N) is 2. The van der Waals surface area contributed by atoms with Crippen LogP contribution in [0.4, 0.5) is 5.69 Å². The van der Waals surface area contributed by atoms with E-state index < -0.39 is 16.9 Å². The van der Waals surface area contributed by atoms with Crippen LogP contribution >= 0.6 is 12.4 Å². The van der Waals surface area contributed by atoms with E-state index in [1.165, 1.54) is 13.2 Å². The Bertz CT molecular complexity index is 552. The maximum absolute atomic E-state index is 11.3. The van der Waals surface area contributed by atoms with Crippen molar-refractivity contribution in [2.24, 2.45) is 0 Å². The number of carbonyl (C=O) groups is 1. The quantitative estimate of drug-likeness (QED) is 0.658. The van der Waals surface area contributed by atoms with Crippen molar-refractivity contribution in [2.45, 2.75) is 31.8 Å². The van der Waals surface area contributed by atoms with Gasteiger partial charge in [-0.15, -0.1) is 12.4 Å². The average molecular weight is 331 g/mol. The fourth-order valence-electron chi connectivity index (χ4n) is 2.67. The van der Waals surface area contributed by atoms with Crippen molar-refractivity contribution in [3.05, 3.63) is 33.9 Å². The average Bonchev–Trinajstić information content (AvgIpc) is 2.47. The molecule has 8 heteroatoms. The fraction of sp³-hybridized carbons (Fsp3) is 0.500. The SMILES string of the molecule is COc1ccc(CN2CCCCC2C(=O)O)cc1[N+](=O)[O-].Cl. The van der Waals surface area contributed by atoms with Gasteiger partial charge in [-0.3, -0.25) is 19.8 Å². The summed E-state index contributed by atoms with van der Waals surface area (Å²) in [6, 6.07) is 4.22. The number of nitro groups is 1. The number of likely N-dealkylation sites (tertiary alicyclic amines) is 1. The van der Waals surface area contributed by atoms with Crippen molar-refractivity contribution in [1.82, 2.24) is 4.90 Å². The highest BCUT2D eigenvalue weighted by atomic mass is 35.5. The molecule has 1 aliphatic heterocycles. The Hall–Kier alpha value is -1.86. The van der Waals surface area contributed by atoms with Crippen molar-refractivity contribution in [1.29, 1.82) is 0 Å². The highest BCUT2D eigenvalue weighted by molar-refractivity contribution is 5.85. The van der Waals surface area contributed by atoms with Gasteiger partial charge in [0.15, 0.2) is 5.75 Å². The third-order valence-corrected chi connectivity index (χ3v) is 3.72. The normalized spacial score (nSPS) is 18.3. The number of nitro benzene ring substituents is 1. The van der Waals surface area contributed by atoms with Crippen LogP contribution in [0.25, 0.3) is 0 Å². The molecule has 0 aromatic heterocycles. The van der Waals surface area contributed by atoms with Crippen LogP contribution in [0.3, 0.4) is 0 Å². The van der Waals surface area contributed by atoms with Crippen LogP contribution in [0.2, 0.25) is 0 Å². The summed E-state index contributed by atoms with van der Waals surface area (Å²) in [4.78, 5) is 23.6. The molecule has 1 atom stereocenters. The lowest BCUT2D eigenvalue weighted by Gasteiger charge is -2.32. The third kappa shape index (κ3) is 4.08. The molecule has 1 aliphatic rings. The minimum absolute atomic E-state index is 0. The molecule has 1 aromatic carbocycles. The summed E-state index contributed by atoms with van der Waals surface area (Å²) in [5.41, 5.74) is 0.620. The lowest BCUT2D eigenvalue weighted by atomic mass is 10.0. The van der Waals surface area contributed by atoms with E-state index in [4.69, 9.17) is 4.74 Å². The van der Waals surface area contributed by atoms with Gasteiger partial charge in [-0.25, -0.2) is 0 Å². The second-order valence-corrected chi connectivity index (χ2v) is 5.08. The molecule has 22 heavy (non-hydrogen) atoms. The Morgan fingerprint density at radius 2 is 2.23 bits per heavy atom. The van der Waals surface area contributed by atoms with Crippen LogP contribution in [0.5, 0.6) is 5.75 Å². The van der Waals surface area contributed by atoms with E-state index in [2.05, 4.69) is 0 Å². The molecule has 122 valence electrons. The number of halogens is 1. The maximum atomic E-state index is 11.3. The van der Waals surface area contributed by atoms with Crippen LogP contribution in [-0.2, 0) is 11.3 Å². The predicted octanol–water partition coefficient (Wildman–Crippen LogP) is 2.46. The molecule has 0 amide bonds. The van der Waals surface area contributed by atoms with Gasteiger partial charge in [0.25, 0.3) is 0 Å². The van der Waals surface area contributed by atoms with E-state index >= 15 is 0 Å². The standard InChI is InChI=1S/C14H18N2O5.ClH/c1-21-13-6-5-10(8-12(13)16(19)20)9-15-7-3-2-4-11(15)14(17)18;/h5-6,8,11H,2-4,7,9H2,1H3,(H,17,18);1H. The van der Waals surface area contributed by atoms with E-state index in [-0.39, 0.29) is 23.8 Å². The van der Waals surface area contributed by atoms with Gasteiger partial charge >= 0.3 is 11.7 Å². The number of methoxy groups -OCH3 is 1. The highest BCUT2D eigenvalue weighted by Crippen LogP contribution is 2.29. The van der Waals surface area contributed by atoms with Gasteiger partial charge in [-0.1, -0.05) is 12.5 Å². The Kier molecular flexibility index (Phi) is 6.58. The molecule has 0 bridgehead atoms. The molecule has 0 aliphatic carbocycles. The molecule has 1 saturated heterocycles. The zero-order valence-electron chi connectivity index (χ0n) is 12.2. The van der Waals surface area contributed by atoms with E-state index in [1.807, 2.05) is 4.90 Å². The fourth-order valence-corrected chi connectivity index (χ4v) is 2.67. The largest absolute Gasteiger partial charge is 0.490 e. The Labute approximate surface area is 134 Å². The second-order valence-electron chi connectivity index (χ2n) is 5.08. The molecule has 7 nitrogen and oxygen atoms in total. The van der Waals surface area contributed by atoms with Gasteiger partial charge in [0.2, 0.25) is 0 Å². The minimum Gasteiger partial charge on any atom is -0.490 e. The Morgan fingerprint density at radius 3 is 2.82 bits per heavy atom. The molecule has 0 spiro atoms. The summed E-state index contributed by atoms with van der Waals surface area (Å²) in [5, 5.41) is 20.3. The summed E-state index contributed by atoms with van der Waals surface area (Å²) < 4.78 is 4.96. The van der Waals surface area contributed by atoms with Gasteiger partial charge in [0.05, 0.1) is 12.0 Å². The number of ether oxygens (including phenoxy) is 1. The lowest BCUT2D eigenvalue weighted by Crippen LogP contribution is -2.43. The highest BCUT2D eigenvalue weighted by Gasteiger charge is 2.28. The number of piperidine rings is 1. The molecule has 0 saturated carbocycles. The topological polar surface area (TPSA) is 92.9 Å². The number of carboxylic acids is 1. The summed E-state index contributed by atoms with van der Waals surface area (Å²) >= 11 is 0. The molecule has 1 fully saturated rings. The molecule has 2 rings (SSSR count). The Morgan fingerprint density at radius 1 is 1.50 bits per heavy atom. The van der Waals surface area contributed by atoms with Crippen LogP contribution in [-0.4, -0.2) is 40.6 Å². The van der Waals surface area contributed by atoms with E-state index in [9.17, 15) is 20.0 Å². The number of benzene rings is 1. The summed E-state index contributed by atoms with van der Waals surface area (Å²) in [6.45, 7) is 1.08. The van der Waals surface area contributed by atoms with E-state index in [0.29, 0.717) is 19.5 Å². The zero-order valence-corrected chi connectivity index (χ0v) is 13.0. The third-order valence-electron chi connectivity index (χ3n) is 3.72. The van der Waals surface area contributed by atoms with Crippen molar-refractivity contribution in [3.63, 3.8) is 0 Å². The first-order chi connectivity index (χ1) is 10.0. The molecule has 1 aromatic rings. The monoisotopic (exact) mass is 330 g/mol. The van der Waals surface area contributed by atoms with Crippen molar-refractivity contribution >= 4 is 24.1 Å². The maximum Gasteiger partial charge on any atom is 0.320 e. The predicted molar refractivity (Wildman–Crippen MR) is 82.6 cm³/mol. The number of rotatable bonds is 5. The van der Waals surface area contributed by atoms with Crippen molar-refractivity contribution in [2.75, 3.05) is 13.7 Å². The van der Waals surface area contributed by atoms with Crippen molar-refractivity contribution < 1.29 is 19.6 Å². The first-order valence-corrected chi connectivity index (χ1v) is 6.81. The smallest absolute Gasteiger partial charge is 0.320 e. The number of aliphatic carboxylic acids is 1. The first kappa shape index (κ1) is 18.2. The van der Waals surface area contributed by atoms with Crippen LogP contribution in [0.1, 0.15) is 24.8 Å². The molecular weight excluding hydrogens is 312 g/mol. The number of hydrogen-bond donors (Lipinski definition) is 1. The summed E-state index contributed by atoms with van der Waals surface area (Å²) in [7, 11) is 1.38. The molecule has 1 N–H and O–H groups in total. The first-order valence-electron chi connectivity index (χ1n) is 6.81. The van der Waals surface area contributed by atoms with Crippen LogP contribution < -0.4 is 4.74 Å². The molecule has 0 radical (unpaired) electrons. The second kappa shape index (κ2) is 7.95. The van der Waals surface area contributed by atoms with Gasteiger partial charge in [0, 0.05) is 12.6 Å². The summed E-state index contributed by atoms with van der Waals surface area (Å²) in [6.07, 6.45) is 2.46. The van der Waals surface area contributed by atoms with Crippen LogP contribution in [0, 0.1) is 10.1 Å². The molecule has 1 unspecified atom stereocenters.